The molecule has 0 unspecified atom stereocenters. The second kappa shape index (κ2) is 3.70. The number of aliphatic hydroxyl groups is 2. The van der Waals surface area contributed by atoms with E-state index in [0.29, 0.717) is 11.7 Å². The number of hydrogen-bond donors (Lipinski definition) is 3. The van der Waals surface area contributed by atoms with Gasteiger partial charge in [0, 0.05) is 0 Å². The van der Waals surface area contributed by atoms with Crippen LogP contribution in [0.5, 0.6) is 5.75 Å². The van der Waals surface area contributed by atoms with Crippen molar-refractivity contribution in [1.82, 2.24) is 0 Å². The molecule has 0 heterocycles. The Morgan fingerprint density at radius 2 is 2.05 bits per heavy atom. The summed E-state index contributed by atoms with van der Waals surface area (Å²) >= 11 is 0. The third-order valence-corrected chi connectivity index (χ3v) is 7.94. The van der Waals surface area contributed by atoms with Crippen molar-refractivity contribution < 1.29 is 15.3 Å². The summed E-state index contributed by atoms with van der Waals surface area (Å²) < 4.78 is 0. The molecule has 22 heavy (non-hydrogen) atoms. The SMILES string of the molecule is C[C@]12CC[C@]3(O)c4ccc(O)cc4CC[C@@H]3[C@@]13C[C@H]3C[C@@H]2O. The van der Waals surface area contributed by atoms with Gasteiger partial charge in [0.05, 0.1) is 11.7 Å². The highest BCUT2D eigenvalue weighted by Gasteiger charge is 2.79. The lowest BCUT2D eigenvalue weighted by molar-refractivity contribution is -0.162. The van der Waals surface area contributed by atoms with E-state index >= 15 is 0 Å². The average Bonchev–Trinajstić information content (AvgIpc) is 3.13. The summed E-state index contributed by atoms with van der Waals surface area (Å²) in [6, 6.07) is 5.46. The minimum atomic E-state index is -0.764. The van der Waals surface area contributed by atoms with Crippen LogP contribution >= 0.6 is 0 Å². The number of fused-ring (bicyclic) bond motifs is 3. The van der Waals surface area contributed by atoms with Crippen molar-refractivity contribution in [2.24, 2.45) is 22.7 Å². The third-order valence-electron chi connectivity index (χ3n) is 7.94. The van der Waals surface area contributed by atoms with Crippen LogP contribution in [-0.2, 0) is 12.0 Å². The van der Waals surface area contributed by atoms with Crippen LogP contribution in [0.4, 0.5) is 0 Å². The van der Waals surface area contributed by atoms with E-state index in [4.69, 9.17) is 0 Å². The fraction of sp³-hybridized carbons (Fsp3) is 0.684. The first-order valence-corrected chi connectivity index (χ1v) is 8.65. The summed E-state index contributed by atoms with van der Waals surface area (Å²) in [4.78, 5) is 0. The van der Waals surface area contributed by atoms with E-state index in [2.05, 4.69) is 6.92 Å². The number of aromatic hydroxyl groups is 1. The Hall–Kier alpha value is -1.06. The van der Waals surface area contributed by atoms with Crippen molar-refractivity contribution in [3.8, 4) is 5.75 Å². The molecule has 0 aliphatic heterocycles. The molecule has 4 aliphatic rings. The van der Waals surface area contributed by atoms with Crippen LogP contribution in [0.15, 0.2) is 18.2 Å². The smallest absolute Gasteiger partial charge is 0.115 e. The summed E-state index contributed by atoms with van der Waals surface area (Å²) in [5, 5.41) is 31.9. The standard InChI is InChI=1S/C19H24O3/c1-17-6-7-19(22)14-4-3-13(20)8-11(14)2-5-15(19)18(17)10-12(18)9-16(17)21/h3-4,8,12,15-16,20-22H,2,5-7,9-10H2,1H3/t12-,15-,16+,17-,18+,19+/m1/s1. The molecule has 0 saturated heterocycles. The fourth-order valence-corrected chi connectivity index (χ4v) is 6.78. The normalized spacial score (nSPS) is 51.5. The molecule has 118 valence electrons. The van der Waals surface area contributed by atoms with E-state index in [-0.39, 0.29) is 22.9 Å². The topological polar surface area (TPSA) is 60.7 Å². The first-order chi connectivity index (χ1) is 10.4. The summed E-state index contributed by atoms with van der Waals surface area (Å²) in [6.45, 7) is 2.26. The van der Waals surface area contributed by atoms with Gasteiger partial charge < -0.3 is 15.3 Å². The molecular weight excluding hydrogens is 276 g/mol. The maximum Gasteiger partial charge on any atom is 0.115 e. The number of benzene rings is 1. The van der Waals surface area contributed by atoms with Crippen molar-refractivity contribution in [3.63, 3.8) is 0 Å². The fourth-order valence-electron chi connectivity index (χ4n) is 6.78. The van der Waals surface area contributed by atoms with Crippen LogP contribution in [0, 0.1) is 22.7 Å². The van der Waals surface area contributed by atoms with E-state index in [1.807, 2.05) is 12.1 Å². The largest absolute Gasteiger partial charge is 0.508 e. The van der Waals surface area contributed by atoms with Crippen molar-refractivity contribution in [1.29, 1.82) is 0 Å². The van der Waals surface area contributed by atoms with Gasteiger partial charge in [-0.2, -0.15) is 0 Å². The lowest BCUT2D eigenvalue weighted by Crippen LogP contribution is -2.55. The molecule has 3 saturated carbocycles. The number of aryl methyl sites for hydroxylation is 1. The molecule has 6 atom stereocenters. The van der Waals surface area contributed by atoms with Crippen LogP contribution in [-0.4, -0.2) is 21.4 Å². The molecule has 5 rings (SSSR count). The second-order valence-electron chi connectivity index (χ2n) is 8.47. The number of phenolic OH excluding ortho intramolecular Hbond substituents is 1. The minimum absolute atomic E-state index is 0.0109. The summed E-state index contributed by atoms with van der Waals surface area (Å²) in [6.07, 6.45) is 5.45. The summed E-state index contributed by atoms with van der Waals surface area (Å²) in [5.74, 6) is 1.15. The van der Waals surface area contributed by atoms with Gasteiger partial charge in [-0.25, -0.2) is 0 Å². The second-order valence-corrected chi connectivity index (χ2v) is 8.47. The Morgan fingerprint density at radius 1 is 1.23 bits per heavy atom. The van der Waals surface area contributed by atoms with Gasteiger partial charge in [0.25, 0.3) is 0 Å². The van der Waals surface area contributed by atoms with Crippen molar-refractivity contribution in [2.45, 2.75) is 57.2 Å². The Kier molecular flexibility index (Phi) is 2.25. The highest BCUT2D eigenvalue weighted by Crippen LogP contribution is 2.82. The molecule has 4 aliphatic carbocycles. The van der Waals surface area contributed by atoms with Gasteiger partial charge in [0.15, 0.2) is 0 Å². The monoisotopic (exact) mass is 300 g/mol. The molecule has 0 bridgehead atoms. The molecule has 0 amide bonds. The molecule has 3 fully saturated rings. The minimum Gasteiger partial charge on any atom is -0.508 e. The quantitative estimate of drug-likeness (QED) is 0.690. The molecule has 1 aromatic carbocycles. The molecule has 1 aromatic rings. The van der Waals surface area contributed by atoms with E-state index in [9.17, 15) is 15.3 Å². The lowest BCUT2D eigenvalue weighted by Gasteiger charge is -2.56. The van der Waals surface area contributed by atoms with Crippen molar-refractivity contribution in [3.05, 3.63) is 29.3 Å². The van der Waals surface area contributed by atoms with Gasteiger partial charge >= 0.3 is 0 Å². The molecule has 0 aromatic heterocycles. The molecule has 3 heteroatoms. The average molecular weight is 300 g/mol. The van der Waals surface area contributed by atoms with Crippen LogP contribution in [0.1, 0.15) is 50.2 Å². The van der Waals surface area contributed by atoms with Crippen LogP contribution < -0.4 is 0 Å². The third kappa shape index (κ3) is 1.25. The highest BCUT2D eigenvalue weighted by atomic mass is 16.3. The van der Waals surface area contributed by atoms with Crippen LogP contribution in [0.25, 0.3) is 0 Å². The van der Waals surface area contributed by atoms with E-state index in [1.165, 1.54) is 6.42 Å². The van der Waals surface area contributed by atoms with Gasteiger partial charge in [-0.15, -0.1) is 0 Å². The van der Waals surface area contributed by atoms with Crippen LogP contribution in [0.3, 0.4) is 0 Å². The van der Waals surface area contributed by atoms with Gasteiger partial charge in [-0.05, 0) is 84.5 Å². The summed E-state index contributed by atoms with van der Waals surface area (Å²) in [5.41, 5.74) is 1.51. The zero-order valence-corrected chi connectivity index (χ0v) is 13.0. The molecule has 3 nitrogen and oxygen atoms in total. The van der Waals surface area contributed by atoms with Crippen LogP contribution in [0.2, 0.25) is 0 Å². The first-order valence-electron chi connectivity index (χ1n) is 8.65. The maximum atomic E-state index is 11.6. The number of hydrogen-bond acceptors (Lipinski definition) is 3. The molecular formula is C19H24O3. The van der Waals surface area contributed by atoms with E-state index < -0.39 is 5.60 Å². The Bertz CT molecular complexity index is 671. The highest BCUT2D eigenvalue weighted by molar-refractivity contribution is 5.43. The zero-order valence-electron chi connectivity index (χ0n) is 13.0. The molecule has 1 spiro atoms. The van der Waals surface area contributed by atoms with Gasteiger partial charge in [0.1, 0.15) is 5.75 Å². The predicted octanol–water partition coefficient (Wildman–Crippen LogP) is 2.71. The van der Waals surface area contributed by atoms with E-state index in [1.54, 1.807) is 6.07 Å². The van der Waals surface area contributed by atoms with Gasteiger partial charge in [-0.1, -0.05) is 13.0 Å². The Morgan fingerprint density at radius 3 is 2.86 bits per heavy atom. The number of rotatable bonds is 0. The van der Waals surface area contributed by atoms with Gasteiger partial charge in [-0.3, -0.25) is 0 Å². The maximum absolute atomic E-state index is 11.6. The Balaban J connectivity index is 1.65. The predicted molar refractivity (Wildman–Crippen MR) is 82.3 cm³/mol. The first kappa shape index (κ1) is 13.4. The Labute approximate surface area is 131 Å². The molecule has 3 N–H and O–H groups in total. The molecule has 0 radical (unpaired) electrons. The number of phenols is 1. The zero-order chi connectivity index (χ0) is 15.3. The number of aliphatic hydroxyl groups excluding tert-OH is 1. The van der Waals surface area contributed by atoms with Crippen molar-refractivity contribution >= 4 is 0 Å². The van der Waals surface area contributed by atoms with Gasteiger partial charge in [0.2, 0.25) is 0 Å². The van der Waals surface area contributed by atoms with Crippen molar-refractivity contribution in [2.75, 3.05) is 0 Å². The van der Waals surface area contributed by atoms with E-state index in [0.717, 1.165) is 43.2 Å². The summed E-state index contributed by atoms with van der Waals surface area (Å²) in [7, 11) is 0. The lowest BCUT2D eigenvalue weighted by atomic mass is 9.50.